The molecule has 0 unspecified atom stereocenters. The van der Waals surface area contributed by atoms with Crippen molar-refractivity contribution < 1.29 is 9.53 Å². The van der Waals surface area contributed by atoms with E-state index in [2.05, 4.69) is 48.2 Å². The van der Waals surface area contributed by atoms with E-state index in [4.69, 9.17) is 4.74 Å². The Labute approximate surface area is 169 Å². The number of carbonyl (C=O) groups excluding carboxylic acids is 1. The van der Waals surface area contributed by atoms with Gasteiger partial charge >= 0.3 is 0 Å². The maximum Gasteiger partial charge on any atom is 0.227 e. The average molecular weight is 381 g/mol. The summed E-state index contributed by atoms with van der Waals surface area (Å²) >= 11 is 0. The third kappa shape index (κ3) is 5.21. The maximum absolute atomic E-state index is 13.5. The molecule has 4 nitrogen and oxygen atoms in total. The molecule has 4 heteroatoms. The molecular weight excluding hydrogens is 348 g/mol. The predicted molar refractivity (Wildman–Crippen MR) is 113 cm³/mol. The minimum absolute atomic E-state index is 0.0129. The van der Waals surface area contributed by atoms with Crippen LogP contribution in [-0.4, -0.2) is 48.6 Å². The quantitative estimate of drug-likeness (QED) is 0.695. The van der Waals surface area contributed by atoms with E-state index in [1.807, 2.05) is 29.2 Å². The van der Waals surface area contributed by atoms with Crippen LogP contribution in [0.5, 0.6) is 0 Å². The molecule has 0 N–H and O–H groups in total. The average Bonchev–Trinajstić information content (AvgIpc) is 2.74. The molecule has 0 radical (unpaired) electrons. The molecule has 1 aliphatic rings. The van der Waals surface area contributed by atoms with Crippen LogP contribution in [-0.2, 0) is 22.6 Å². The smallest absolute Gasteiger partial charge is 0.227 e. The number of carbonyl (C=O) groups is 1. The van der Waals surface area contributed by atoms with Gasteiger partial charge in [-0.3, -0.25) is 9.69 Å². The number of likely N-dealkylation sites (tertiary alicyclic amines) is 1. The Bertz CT molecular complexity index is 720. The van der Waals surface area contributed by atoms with Gasteiger partial charge in [0.25, 0.3) is 0 Å². The third-order valence-electron chi connectivity index (χ3n) is 5.69. The fourth-order valence-corrected chi connectivity index (χ4v) is 4.21. The van der Waals surface area contributed by atoms with Gasteiger partial charge in [-0.2, -0.15) is 0 Å². The molecule has 1 aliphatic heterocycles. The van der Waals surface area contributed by atoms with Crippen LogP contribution >= 0.6 is 0 Å². The van der Waals surface area contributed by atoms with Gasteiger partial charge in [0.05, 0.1) is 12.5 Å². The van der Waals surface area contributed by atoms with Crippen LogP contribution in [0, 0.1) is 5.92 Å². The second-order valence-corrected chi connectivity index (χ2v) is 7.57. The van der Waals surface area contributed by atoms with Crippen LogP contribution < -0.4 is 0 Å². The van der Waals surface area contributed by atoms with Crippen molar-refractivity contribution in [2.75, 3.05) is 26.8 Å². The standard InChI is InChI=1S/C24H32N2O2/c1-3-25(17-20-11-6-4-7-12-20)24(27)22-15-10-16-26(23(22)19-28-2)18-21-13-8-5-9-14-21/h4-9,11-14,22-23H,3,10,15-19H2,1-2H3/t22-,23-/m1/s1. The van der Waals surface area contributed by atoms with Gasteiger partial charge in [-0.05, 0) is 37.4 Å². The molecule has 3 rings (SSSR count). The molecule has 150 valence electrons. The highest BCUT2D eigenvalue weighted by atomic mass is 16.5. The number of nitrogens with zero attached hydrogens (tertiary/aromatic N) is 2. The summed E-state index contributed by atoms with van der Waals surface area (Å²) in [5, 5.41) is 0. The van der Waals surface area contributed by atoms with Gasteiger partial charge in [0, 0.05) is 32.8 Å². The highest BCUT2D eigenvalue weighted by molar-refractivity contribution is 5.79. The molecule has 0 spiro atoms. The van der Waals surface area contributed by atoms with Gasteiger partial charge in [0.1, 0.15) is 0 Å². The van der Waals surface area contributed by atoms with Crippen LogP contribution in [0.1, 0.15) is 30.9 Å². The van der Waals surface area contributed by atoms with E-state index in [0.717, 1.165) is 32.5 Å². The summed E-state index contributed by atoms with van der Waals surface area (Å²) in [6.07, 6.45) is 1.98. The third-order valence-corrected chi connectivity index (χ3v) is 5.69. The molecule has 0 saturated carbocycles. The molecule has 28 heavy (non-hydrogen) atoms. The number of hydrogen-bond acceptors (Lipinski definition) is 3. The fraction of sp³-hybridized carbons (Fsp3) is 0.458. The van der Waals surface area contributed by atoms with Gasteiger partial charge in [-0.25, -0.2) is 0 Å². The Kier molecular flexibility index (Phi) is 7.63. The van der Waals surface area contributed by atoms with Crippen LogP contribution in [0.25, 0.3) is 0 Å². The van der Waals surface area contributed by atoms with Crippen molar-refractivity contribution in [1.82, 2.24) is 9.80 Å². The van der Waals surface area contributed by atoms with Crippen molar-refractivity contribution >= 4 is 5.91 Å². The highest BCUT2D eigenvalue weighted by Crippen LogP contribution is 2.28. The van der Waals surface area contributed by atoms with Crippen molar-refractivity contribution in [3.63, 3.8) is 0 Å². The summed E-state index contributed by atoms with van der Waals surface area (Å²) in [6, 6.07) is 20.9. The lowest BCUT2D eigenvalue weighted by Crippen LogP contribution is -2.53. The molecule has 2 aromatic carbocycles. The Morgan fingerprint density at radius 2 is 1.71 bits per heavy atom. The van der Waals surface area contributed by atoms with Gasteiger partial charge in [-0.15, -0.1) is 0 Å². The lowest BCUT2D eigenvalue weighted by Gasteiger charge is -2.42. The van der Waals surface area contributed by atoms with Gasteiger partial charge in [0.15, 0.2) is 0 Å². The zero-order valence-corrected chi connectivity index (χ0v) is 17.1. The molecule has 1 saturated heterocycles. The lowest BCUT2D eigenvalue weighted by atomic mass is 9.87. The van der Waals surface area contributed by atoms with Crippen molar-refractivity contribution in [1.29, 1.82) is 0 Å². The topological polar surface area (TPSA) is 32.8 Å². The zero-order chi connectivity index (χ0) is 19.8. The first-order valence-corrected chi connectivity index (χ1v) is 10.3. The SMILES string of the molecule is CCN(Cc1ccccc1)C(=O)[C@@H]1CCCN(Cc2ccccc2)[C@@H]1COC. The molecule has 0 aromatic heterocycles. The summed E-state index contributed by atoms with van der Waals surface area (Å²) < 4.78 is 5.55. The number of rotatable bonds is 8. The highest BCUT2D eigenvalue weighted by Gasteiger charge is 2.37. The number of amides is 1. The molecule has 2 aromatic rings. The second-order valence-electron chi connectivity index (χ2n) is 7.57. The molecule has 0 aliphatic carbocycles. The second kappa shape index (κ2) is 10.4. The number of methoxy groups -OCH3 is 1. The summed E-state index contributed by atoms with van der Waals surface area (Å²) in [4.78, 5) is 17.9. The Balaban J connectivity index is 1.74. The molecule has 1 fully saturated rings. The molecule has 1 heterocycles. The van der Waals surface area contributed by atoms with E-state index in [0.29, 0.717) is 13.2 Å². The number of ether oxygens (including phenoxy) is 1. The van der Waals surface area contributed by atoms with Crippen molar-refractivity contribution in [2.45, 2.75) is 38.9 Å². The minimum Gasteiger partial charge on any atom is -0.383 e. The van der Waals surface area contributed by atoms with Crippen LogP contribution in [0.3, 0.4) is 0 Å². The van der Waals surface area contributed by atoms with E-state index in [1.165, 1.54) is 11.1 Å². The van der Waals surface area contributed by atoms with Crippen molar-refractivity contribution in [3.05, 3.63) is 71.8 Å². The minimum atomic E-state index is -0.0129. The van der Waals surface area contributed by atoms with Crippen LogP contribution in [0.4, 0.5) is 0 Å². The summed E-state index contributed by atoms with van der Waals surface area (Å²) in [6.45, 7) is 5.93. The Morgan fingerprint density at radius 1 is 1.07 bits per heavy atom. The van der Waals surface area contributed by atoms with Crippen molar-refractivity contribution in [2.24, 2.45) is 5.92 Å². The van der Waals surface area contributed by atoms with E-state index < -0.39 is 0 Å². The monoisotopic (exact) mass is 380 g/mol. The lowest BCUT2D eigenvalue weighted by molar-refractivity contribution is -0.141. The molecule has 1 amide bonds. The van der Waals surface area contributed by atoms with Gasteiger partial charge < -0.3 is 9.64 Å². The predicted octanol–water partition coefficient (Wildman–Crippen LogP) is 3.96. The van der Waals surface area contributed by atoms with Crippen LogP contribution in [0.15, 0.2) is 60.7 Å². The Morgan fingerprint density at radius 3 is 2.32 bits per heavy atom. The number of benzene rings is 2. The van der Waals surface area contributed by atoms with Gasteiger partial charge in [-0.1, -0.05) is 60.7 Å². The zero-order valence-electron chi connectivity index (χ0n) is 17.1. The summed E-state index contributed by atoms with van der Waals surface area (Å²) in [5.74, 6) is 0.243. The first-order chi connectivity index (χ1) is 13.7. The molecule has 2 atom stereocenters. The number of hydrogen-bond donors (Lipinski definition) is 0. The maximum atomic E-state index is 13.5. The van der Waals surface area contributed by atoms with E-state index in [1.54, 1.807) is 7.11 Å². The number of piperidine rings is 1. The van der Waals surface area contributed by atoms with Crippen LogP contribution in [0.2, 0.25) is 0 Å². The summed E-state index contributed by atoms with van der Waals surface area (Å²) in [5.41, 5.74) is 2.46. The normalized spacial score (nSPS) is 20.1. The van der Waals surface area contributed by atoms with E-state index >= 15 is 0 Å². The fourth-order valence-electron chi connectivity index (χ4n) is 4.21. The first kappa shape index (κ1) is 20.6. The van der Waals surface area contributed by atoms with Gasteiger partial charge in [0.2, 0.25) is 5.91 Å². The summed E-state index contributed by atoms with van der Waals surface area (Å²) in [7, 11) is 1.73. The Hall–Kier alpha value is -2.17. The van der Waals surface area contributed by atoms with E-state index in [-0.39, 0.29) is 17.9 Å². The van der Waals surface area contributed by atoms with Crippen molar-refractivity contribution in [3.8, 4) is 0 Å². The largest absolute Gasteiger partial charge is 0.383 e. The molecular formula is C24H32N2O2. The molecule has 0 bridgehead atoms. The first-order valence-electron chi connectivity index (χ1n) is 10.3. The van der Waals surface area contributed by atoms with E-state index in [9.17, 15) is 4.79 Å².